The van der Waals surface area contributed by atoms with Crippen LogP contribution in [0.25, 0.3) is 10.9 Å². The topological polar surface area (TPSA) is 98.0 Å². The molecule has 0 amide bonds. The Balaban J connectivity index is 1.43. The van der Waals surface area contributed by atoms with Crippen LogP contribution in [0.3, 0.4) is 0 Å². The normalized spacial score (nSPS) is 19.5. The van der Waals surface area contributed by atoms with Gasteiger partial charge in [0.05, 0.1) is 12.7 Å². The molecule has 7 heteroatoms. The second-order valence-corrected chi connectivity index (χ2v) is 6.66. The van der Waals surface area contributed by atoms with E-state index in [1.54, 1.807) is 19.1 Å². The zero-order valence-corrected chi connectivity index (χ0v) is 15.4. The summed E-state index contributed by atoms with van der Waals surface area (Å²) in [6, 6.07) is 7.17. The fourth-order valence-electron chi connectivity index (χ4n) is 3.04. The van der Waals surface area contributed by atoms with Crippen LogP contribution in [-0.2, 0) is 23.8 Å². The number of unbranched alkanes of at least 4 members (excludes halogenated alkanes) is 1. The number of aromatic amines is 1. The number of Topliss-reactive ketones (excluding diaryl/α,β-unsaturated/α-hetero) is 1. The van der Waals surface area contributed by atoms with E-state index >= 15 is 0 Å². The molecule has 1 aliphatic heterocycles. The molecule has 1 saturated heterocycles. The molecule has 1 fully saturated rings. The molecule has 144 valence electrons. The van der Waals surface area contributed by atoms with Crippen LogP contribution in [0.1, 0.15) is 43.0 Å². The summed E-state index contributed by atoms with van der Waals surface area (Å²) in [5.74, 6) is -0.742. The van der Waals surface area contributed by atoms with Gasteiger partial charge in [-0.2, -0.15) is 0 Å². The Morgan fingerprint density at radius 3 is 2.74 bits per heavy atom. The maximum absolute atomic E-state index is 12.3. The van der Waals surface area contributed by atoms with Crippen molar-refractivity contribution in [2.75, 3.05) is 7.11 Å². The number of H-pyrrole nitrogens is 1. The highest BCUT2D eigenvalue weighted by Crippen LogP contribution is 2.30. The van der Waals surface area contributed by atoms with Crippen LogP contribution in [0.15, 0.2) is 30.5 Å². The number of fused-ring (bicyclic) bond motifs is 1. The molecule has 3 rings (SSSR count). The molecule has 3 unspecified atom stereocenters. The third kappa shape index (κ3) is 4.74. The van der Waals surface area contributed by atoms with Gasteiger partial charge in [0.15, 0.2) is 5.78 Å². The minimum atomic E-state index is -0.530. The summed E-state index contributed by atoms with van der Waals surface area (Å²) in [7, 11) is 1.34. The van der Waals surface area contributed by atoms with Crippen molar-refractivity contribution >= 4 is 28.6 Å². The average molecular weight is 373 g/mol. The Labute approximate surface area is 157 Å². The van der Waals surface area contributed by atoms with E-state index < -0.39 is 24.3 Å². The Kier molecular flexibility index (Phi) is 5.91. The van der Waals surface area contributed by atoms with Gasteiger partial charge < -0.3 is 19.2 Å². The van der Waals surface area contributed by atoms with Gasteiger partial charge in [-0.25, -0.2) is 4.79 Å². The van der Waals surface area contributed by atoms with Crippen molar-refractivity contribution in [3.8, 4) is 0 Å². The number of hydrogen-bond donors (Lipinski definition) is 1. The lowest BCUT2D eigenvalue weighted by atomic mass is 10.1. The van der Waals surface area contributed by atoms with Gasteiger partial charge >= 0.3 is 11.9 Å². The number of epoxide rings is 1. The summed E-state index contributed by atoms with van der Waals surface area (Å²) in [5, 5.41) is 0.930. The highest BCUT2D eigenvalue weighted by molar-refractivity contribution is 5.94. The molecule has 1 aliphatic rings. The van der Waals surface area contributed by atoms with Crippen molar-refractivity contribution in [3.05, 3.63) is 36.0 Å². The summed E-state index contributed by atoms with van der Waals surface area (Å²) in [6.45, 7) is 1.72. The first-order valence-corrected chi connectivity index (χ1v) is 9.02. The highest BCUT2D eigenvalue weighted by Gasteiger charge is 2.49. The van der Waals surface area contributed by atoms with Gasteiger partial charge in [-0.05, 0) is 44.0 Å². The number of esters is 2. The first-order valence-electron chi connectivity index (χ1n) is 9.02. The van der Waals surface area contributed by atoms with Crippen molar-refractivity contribution in [1.29, 1.82) is 0 Å². The molecule has 0 bridgehead atoms. The van der Waals surface area contributed by atoms with E-state index in [9.17, 15) is 14.4 Å². The molecule has 1 aromatic heterocycles. The predicted molar refractivity (Wildman–Crippen MR) is 97.3 cm³/mol. The molecule has 27 heavy (non-hydrogen) atoms. The lowest BCUT2D eigenvalue weighted by Gasteiger charge is -2.11. The van der Waals surface area contributed by atoms with Crippen LogP contribution in [-0.4, -0.2) is 48.1 Å². The van der Waals surface area contributed by atoms with Crippen LogP contribution in [0.5, 0.6) is 0 Å². The van der Waals surface area contributed by atoms with Gasteiger partial charge in [0.2, 0.25) is 0 Å². The first-order chi connectivity index (χ1) is 13.0. The number of rotatable bonds is 9. The molecule has 0 aliphatic carbocycles. The Morgan fingerprint density at radius 2 is 1.96 bits per heavy atom. The maximum atomic E-state index is 12.3. The van der Waals surface area contributed by atoms with Crippen molar-refractivity contribution in [2.45, 2.75) is 50.9 Å². The van der Waals surface area contributed by atoms with Crippen LogP contribution < -0.4 is 0 Å². The third-order valence-electron chi connectivity index (χ3n) is 4.67. The number of benzene rings is 1. The predicted octanol–water partition coefficient (Wildman–Crippen LogP) is 2.78. The Bertz CT molecular complexity index is 842. The second-order valence-electron chi connectivity index (χ2n) is 6.66. The minimum absolute atomic E-state index is 0.0264. The van der Waals surface area contributed by atoms with E-state index in [0.29, 0.717) is 31.2 Å². The maximum Gasteiger partial charge on any atom is 0.338 e. The summed E-state index contributed by atoms with van der Waals surface area (Å²) in [5.41, 5.74) is 1.41. The monoisotopic (exact) mass is 373 g/mol. The molecule has 1 N–H and O–H groups in total. The lowest BCUT2D eigenvalue weighted by Crippen LogP contribution is -2.24. The van der Waals surface area contributed by atoms with Crippen LogP contribution in [0.2, 0.25) is 0 Å². The number of aromatic nitrogens is 1. The molecule has 3 atom stereocenters. The van der Waals surface area contributed by atoms with Crippen molar-refractivity contribution in [2.24, 2.45) is 0 Å². The van der Waals surface area contributed by atoms with Crippen LogP contribution in [0.4, 0.5) is 0 Å². The van der Waals surface area contributed by atoms with Gasteiger partial charge in [0.1, 0.15) is 18.3 Å². The molecular weight excluding hydrogens is 350 g/mol. The summed E-state index contributed by atoms with van der Waals surface area (Å²) >= 11 is 0. The standard InChI is InChI=1S/C20H23NO6/c1-12(18-19(27-18)16(22)5-3-4-6-17(23)25-2)26-20(24)14-7-8-15-13(11-14)9-10-21-15/h7-12,18-19,21H,3-6H2,1-2H3. The molecule has 1 aromatic carbocycles. The zero-order valence-electron chi connectivity index (χ0n) is 15.4. The first kappa shape index (κ1) is 19.1. The molecule has 2 heterocycles. The molecule has 2 aromatic rings. The zero-order chi connectivity index (χ0) is 19.4. The number of ether oxygens (including phenoxy) is 3. The van der Waals surface area contributed by atoms with Crippen molar-refractivity contribution < 1.29 is 28.6 Å². The minimum Gasteiger partial charge on any atom is -0.469 e. The number of carbonyl (C=O) groups is 3. The SMILES string of the molecule is COC(=O)CCCCC(=O)C1OC1C(C)OC(=O)c1ccc2[nH]ccc2c1. The van der Waals surface area contributed by atoms with Crippen molar-refractivity contribution in [3.63, 3.8) is 0 Å². The van der Waals surface area contributed by atoms with Gasteiger partial charge in [-0.15, -0.1) is 0 Å². The van der Waals surface area contributed by atoms with Crippen LogP contribution >= 0.6 is 0 Å². The fraction of sp³-hybridized carbons (Fsp3) is 0.450. The molecule has 0 saturated carbocycles. The number of nitrogens with one attached hydrogen (secondary N) is 1. The second kappa shape index (κ2) is 8.35. The quantitative estimate of drug-likeness (QED) is 0.412. The summed E-state index contributed by atoms with van der Waals surface area (Å²) in [6.07, 6.45) is 2.20. The van der Waals surface area contributed by atoms with E-state index in [2.05, 4.69) is 9.72 Å². The molecule has 7 nitrogen and oxygen atoms in total. The molecular formula is C20H23NO6. The van der Waals surface area contributed by atoms with Gasteiger partial charge in [0.25, 0.3) is 0 Å². The number of methoxy groups -OCH3 is 1. The van der Waals surface area contributed by atoms with E-state index in [1.807, 2.05) is 18.3 Å². The van der Waals surface area contributed by atoms with E-state index in [4.69, 9.17) is 9.47 Å². The Morgan fingerprint density at radius 1 is 1.19 bits per heavy atom. The largest absolute Gasteiger partial charge is 0.469 e. The number of carbonyl (C=O) groups excluding carboxylic acids is 3. The smallest absolute Gasteiger partial charge is 0.338 e. The van der Waals surface area contributed by atoms with Crippen molar-refractivity contribution in [1.82, 2.24) is 4.98 Å². The van der Waals surface area contributed by atoms with Gasteiger partial charge in [-0.3, -0.25) is 9.59 Å². The van der Waals surface area contributed by atoms with Gasteiger partial charge in [-0.1, -0.05) is 0 Å². The fourth-order valence-corrected chi connectivity index (χ4v) is 3.04. The van der Waals surface area contributed by atoms with Crippen LogP contribution in [0, 0.1) is 0 Å². The number of hydrogen-bond acceptors (Lipinski definition) is 6. The Hall–Kier alpha value is -2.67. The summed E-state index contributed by atoms with van der Waals surface area (Å²) < 4.78 is 15.4. The number of ketones is 1. The highest BCUT2D eigenvalue weighted by atomic mass is 16.6. The van der Waals surface area contributed by atoms with E-state index in [-0.39, 0.29) is 11.8 Å². The van der Waals surface area contributed by atoms with Gasteiger partial charge in [0, 0.05) is 29.9 Å². The van der Waals surface area contributed by atoms with E-state index in [0.717, 1.165) is 10.9 Å². The average Bonchev–Trinajstić information content (AvgIpc) is 3.34. The lowest BCUT2D eigenvalue weighted by molar-refractivity contribution is -0.140. The third-order valence-corrected chi connectivity index (χ3v) is 4.67. The molecule has 0 radical (unpaired) electrons. The summed E-state index contributed by atoms with van der Waals surface area (Å²) in [4.78, 5) is 38.5. The van der Waals surface area contributed by atoms with E-state index in [1.165, 1.54) is 7.11 Å². The molecule has 0 spiro atoms.